The van der Waals surface area contributed by atoms with Gasteiger partial charge in [-0.2, -0.15) is 0 Å². The number of hydrogen-bond acceptors (Lipinski definition) is 2. The minimum Gasteiger partial charge on any atom is -0.391 e. The molecule has 0 rings (SSSR count). The van der Waals surface area contributed by atoms with Crippen LogP contribution in [0, 0.1) is 5.41 Å². The Morgan fingerprint density at radius 1 is 1.33 bits per heavy atom. The molecule has 0 aliphatic rings. The predicted molar refractivity (Wildman–Crippen MR) is 61.8 cm³/mol. The molecule has 0 heterocycles. The lowest BCUT2D eigenvalue weighted by Gasteiger charge is -2.25. The highest BCUT2D eigenvalue weighted by Gasteiger charge is 2.22. The number of hydrogen-bond donors (Lipinski definition) is 3. The monoisotopic (exact) mass is 216 g/mol. The van der Waals surface area contributed by atoms with Gasteiger partial charge in [0, 0.05) is 13.1 Å². The molecule has 15 heavy (non-hydrogen) atoms. The molecule has 0 unspecified atom stereocenters. The molecule has 1 atom stereocenters. The Morgan fingerprint density at radius 2 is 1.93 bits per heavy atom. The van der Waals surface area contributed by atoms with Crippen molar-refractivity contribution in [1.29, 1.82) is 0 Å². The molecule has 0 spiro atoms. The number of carbonyl (C=O) groups excluding carboxylic acids is 1. The van der Waals surface area contributed by atoms with E-state index < -0.39 is 6.10 Å². The number of aliphatic hydroxyl groups excluding tert-OH is 1. The zero-order valence-electron chi connectivity index (χ0n) is 10.3. The first kappa shape index (κ1) is 14.2. The normalized spacial score (nSPS) is 13.4. The van der Waals surface area contributed by atoms with Crippen LogP contribution in [0.5, 0.6) is 0 Å². The number of carbonyl (C=O) groups is 1. The summed E-state index contributed by atoms with van der Waals surface area (Å²) in [7, 11) is 0. The minimum absolute atomic E-state index is 0.198. The largest absolute Gasteiger partial charge is 0.391 e. The number of aliphatic hydroxyl groups is 1. The fourth-order valence-corrected chi connectivity index (χ4v) is 0.937. The van der Waals surface area contributed by atoms with E-state index in [4.69, 9.17) is 0 Å². The van der Waals surface area contributed by atoms with E-state index in [-0.39, 0.29) is 11.4 Å². The SMILES string of the molecule is CCCCNC(=O)NC[C@@H](O)C(C)(C)C. The Hall–Kier alpha value is -0.770. The Kier molecular flexibility index (Phi) is 6.32. The Balaban J connectivity index is 3.62. The van der Waals surface area contributed by atoms with Gasteiger partial charge in [0.2, 0.25) is 0 Å². The van der Waals surface area contributed by atoms with Gasteiger partial charge in [0.05, 0.1) is 6.10 Å². The second-order valence-corrected chi connectivity index (χ2v) is 4.87. The van der Waals surface area contributed by atoms with Gasteiger partial charge >= 0.3 is 6.03 Å². The fourth-order valence-electron chi connectivity index (χ4n) is 0.937. The quantitative estimate of drug-likeness (QED) is 0.610. The van der Waals surface area contributed by atoms with Gasteiger partial charge in [0.25, 0.3) is 0 Å². The summed E-state index contributed by atoms with van der Waals surface area (Å²) in [6.45, 7) is 8.87. The number of urea groups is 1. The summed E-state index contributed by atoms with van der Waals surface area (Å²) >= 11 is 0. The van der Waals surface area contributed by atoms with Crippen molar-refractivity contribution in [2.45, 2.75) is 46.6 Å². The first-order chi connectivity index (χ1) is 6.88. The standard InChI is InChI=1S/C11H24N2O2/c1-5-6-7-12-10(15)13-8-9(14)11(2,3)4/h9,14H,5-8H2,1-4H3,(H2,12,13,15)/t9-/m1/s1. The Morgan fingerprint density at radius 3 is 2.40 bits per heavy atom. The van der Waals surface area contributed by atoms with Gasteiger partial charge in [-0.05, 0) is 11.8 Å². The topological polar surface area (TPSA) is 61.4 Å². The van der Waals surface area contributed by atoms with Gasteiger partial charge in [-0.1, -0.05) is 34.1 Å². The van der Waals surface area contributed by atoms with E-state index in [0.29, 0.717) is 13.1 Å². The molecule has 4 nitrogen and oxygen atoms in total. The summed E-state index contributed by atoms with van der Waals surface area (Å²) in [5, 5.41) is 15.0. The van der Waals surface area contributed by atoms with Crippen LogP contribution < -0.4 is 10.6 Å². The second kappa shape index (κ2) is 6.67. The number of rotatable bonds is 5. The molecule has 0 saturated heterocycles. The summed E-state index contributed by atoms with van der Waals surface area (Å²) in [4.78, 5) is 11.2. The van der Waals surface area contributed by atoms with Crippen molar-refractivity contribution >= 4 is 6.03 Å². The van der Waals surface area contributed by atoms with Gasteiger partial charge in [0.1, 0.15) is 0 Å². The summed E-state index contributed by atoms with van der Waals surface area (Å²) in [5.41, 5.74) is -0.198. The molecule has 0 aromatic rings. The number of unbranched alkanes of at least 4 members (excludes halogenated alkanes) is 1. The van der Waals surface area contributed by atoms with Crippen LogP contribution in [0.2, 0.25) is 0 Å². The minimum atomic E-state index is -0.519. The molecule has 0 aliphatic heterocycles. The molecule has 0 saturated carbocycles. The van der Waals surface area contributed by atoms with Crippen molar-refractivity contribution in [2.75, 3.05) is 13.1 Å². The number of amides is 2. The maximum Gasteiger partial charge on any atom is 0.314 e. The van der Waals surface area contributed by atoms with E-state index in [1.165, 1.54) is 0 Å². The molecule has 0 aromatic carbocycles. The molecule has 90 valence electrons. The summed E-state index contributed by atoms with van der Waals surface area (Å²) in [5.74, 6) is 0. The van der Waals surface area contributed by atoms with Crippen molar-refractivity contribution in [3.05, 3.63) is 0 Å². The van der Waals surface area contributed by atoms with Crippen molar-refractivity contribution in [3.8, 4) is 0 Å². The van der Waals surface area contributed by atoms with E-state index in [9.17, 15) is 9.90 Å². The maximum absolute atomic E-state index is 11.2. The molecular weight excluding hydrogens is 192 g/mol. The van der Waals surface area contributed by atoms with Crippen LogP contribution in [0.25, 0.3) is 0 Å². The van der Waals surface area contributed by atoms with Crippen molar-refractivity contribution < 1.29 is 9.90 Å². The summed E-state index contributed by atoms with van der Waals surface area (Å²) in [6.07, 6.45) is 1.52. The lowest BCUT2D eigenvalue weighted by atomic mass is 9.89. The van der Waals surface area contributed by atoms with Crippen LogP contribution >= 0.6 is 0 Å². The average Bonchev–Trinajstić information content (AvgIpc) is 2.13. The van der Waals surface area contributed by atoms with E-state index in [1.54, 1.807) is 0 Å². The zero-order valence-corrected chi connectivity index (χ0v) is 10.3. The van der Waals surface area contributed by atoms with E-state index in [2.05, 4.69) is 17.6 Å². The van der Waals surface area contributed by atoms with Crippen LogP contribution in [-0.4, -0.2) is 30.3 Å². The van der Waals surface area contributed by atoms with Crippen LogP contribution in [0.3, 0.4) is 0 Å². The molecule has 0 bridgehead atoms. The summed E-state index contributed by atoms with van der Waals surface area (Å²) in [6, 6.07) is -0.202. The average molecular weight is 216 g/mol. The molecule has 0 aliphatic carbocycles. The molecule has 2 amide bonds. The van der Waals surface area contributed by atoms with E-state index >= 15 is 0 Å². The highest BCUT2D eigenvalue weighted by Crippen LogP contribution is 2.17. The van der Waals surface area contributed by atoms with Crippen LogP contribution in [0.15, 0.2) is 0 Å². The van der Waals surface area contributed by atoms with Gasteiger partial charge in [-0.3, -0.25) is 0 Å². The molecule has 0 fully saturated rings. The Bertz CT molecular complexity index is 188. The lowest BCUT2D eigenvalue weighted by Crippen LogP contribution is -2.43. The van der Waals surface area contributed by atoms with Crippen LogP contribution in [0.1, 0.15) is 40.5 Å². The maximum atomic E-state index is 11.2. The molecule has 0 radical (unpaired) electrons. The van der Waals surface area contributed by atoms with Crippen molar-refractivity contribution in [1.82, 2.24) is 10.6 Å². The third kappa shape index (κ3) is 7.19. The third-order valence-electron chi connectivity index (χ3n) is 2.27. The highest BCUT2D eigenvalue weighted by molar-refractivity contribution is 5.73. The number of nitrogens with one attached hydrogen (secondary N) is 2. The van der Waals surface area contributed by atoms with Gasteiger partial charge < -0.3 is 15.7 Å². The highest BCUT2D eigenvalue weighted by atomic mass is 16.3. The fraction of sp³-hybridized carbons (Fsp3) is 0.909. The van der Waals surface area contributed by atoms with E-state index in [1.807, 2.05) is 20.8 Å². The molecule has 4 heteroatoms. The Labute approximate surface area is 92.4 Å². The van der Waals surface area contributed by atoms with E-state index in [0.717, 1.165) is 12.8 Å². The van der Waals surface area contributed by atoms with Crippen LogP contribution in [-0.2, 0) is 0 Å². The van der Waals surface area contributed by atoms with Crippen molar-refractivity contribution in [3.63, 3.8) is 0 Å². The smallest absolute Gasteiger partial charge is 0.314 e. The molecule has 3 N–H and O–H groups in total. The lowest BCUT2D eigenvalue weighted by molar-refractivity contribution is 0.0650. The first-order valence-electron chi connectivity index (χ1n) is 5.57. The third-order valence-corrected chi connectivity index (χ3v) is 2.27. The molecular formula is C11H24N2O2. The predicted octanol–water partition coefficient (Wildman–Crippen LogP) is 1.49. The summed E-state index contributed by atoms with van der Waals surface area (Å²) < 4.78 is 0. The van der Waals surface area contributed by atoms with Gasteiger partial charge in [0.15, 0.2) is 0 Å². The van der Waals surface area contributed by atoms with Crippen molar-refractivity contribution in [2.24, 2.45) is 5.41 Å². The molecule has 0 aromatic heterocycles. The van der Waals surface area contributed by atoms with Gasteiger partial charge in [-0.25, -0.2) is 4.79 Å². The first-order valence-corrected chi connectivity index (χ1v) is 5.57. The zero-order chi connectivity index (χ0) is 11.9. The second-order valence-electron chi connectivity index (χ2n) is 4.87. The van der Waals surface area contributed by atoms with Crippen LogP contribution in [0.4, 0.5) is 4.79 Å². The van der Waals surface area contributed by atoms with Gasteiger partial charge in [-0.15, -0.1) is 0 Å².